The predicted molar refractivity (Wildman–Crippen MR) is 69.8 cm³/mol. The number of nitrogens with zero attached hydrogens (tertiary/aromatic N) is 1. The fourth-order valence-corrected chi connectivity index (χ4v) is 2.25. The lowest BCUT2D eigenvalue weighted by Crippen LogP contribution is -2.28. The quantitative estimate of drug-likeness (QED) is 0.755. The topological polar surface area (TPSA) is 46.3 Å². The second-order valence-electron chi connectivity index (χ2n) is 5.24. The third kappa shape index (κ3) is 2.28. The fraction of sp³-hybridized carbons (Fsp3) is 0.500. The van der Waals surface area contributed by atoms with Crippen molar-refractivity contribution >= 4 is 11.6 Å². The van der Waals surface area contributed by atoms with Gasteiger partial charge in [0.05, 0.1) is 0 Å². The van der Waals surface area contributed by atoms with E-state index in [0.29, 0.717) is 23.1 Å². The van der Waals surface area contributed by atoms with E-state index in [2.05, 4.69) is 13.8 Å². The smallest absolute Gasteiger partial charge is 0.253 e. The number of likely N-dealkylation sites (tertiary alicyclic amines) is 1. The van der Waals surface area contributed by atoms with Crippen molar-refractivity contribution in [2.24, 2.45) is 11.8 Å². The molecule has 0 bridgehead atoms. The number of hydrogen-bond donors (Lipinski definition) is 1. The van der Waals surface area contributed by atoms with Crippen LogP contribution in [0.25, 0.3) is 0 Å². The molecule has 1 aromatic rings. The molecule has 0 aromatic heterocycles. The van der Waals surface area contributed by atoms with Crippen LogP contribution in [0.5, 0.6) is 0 Å². The molecule has 17 heavy (non-hydrogen) atoms. The Morgan fingerprint density at radius 2 is 1.88 bits per heavy atom. The Morgan fingerprint density at radius 1 is 1.29 bits per heavy atom. The molecule has 1 aromatic carbocycles. The monoisotopic (exact) mass is 232 g/mol. The van der Waals surface area contributed by atoms with Crippen molar-refractivity contribution in [3.8, 4) is 0 Å². The van der Waals surface area contributed by atoms with Crippen LogP contribution < -0.4 is 5.73 Å². The normalized spacial score (nSPS) is 24.1. The van der Waals surface area contributed by atoms with E-state index in [1.54, 1.807) is 6.07 Å². The molecule has 1 fully saturated rings. The average molecular weight is 232 g/mol. The molecule has 0 radical (unpaired) electrons. The molecule has 1 amide bonds. The lowest BCUT2D eigenvalue weighted by Gasteiger charge is -2.16. The summed E-state index contributed by atoms with van der Waals surface area (Å²) in [4.78, 5) is 14.2. The maximum absolute atomic E-state index is 12.3. The molecule has 0 aliphatic carbocycles. The molecule has 1 saturated heterocycles. The molecular formula is C14H20N2O. The van der Waals surface area contributed by atoms with Gasteiger partial charge < -0.3 is 10.6 Å². The zero-order valence-electron chi connectivity index (χ0n) is 10.7. The van der Waals surface area contributed by atoms with E-state index in [9.17, 15) is 4.79 Å². The summed E-state index contributed by atoms with van der Waals surface area (Å²) < 4.78 is 0. The van der Waals surface area contributed by atoms with Crippen LogP contribution in [0.2, 0.25) is 0 Å². The van der Waals surface area contributed by atoms with Crippen molar-refractivity contribution in [1.29, 1.82) is 0 Å². The summed E-state index contributed by atoms with van der Waals surface area (Å²) in [7, 11) is 0. The SMILES string of the molecule is Cc1ccc(C(=O)N2CC(C)C(C)C2)cc1N. The van der Waals surface area contributed by atoms with Crippen LogP contribution in [0.3, 0.4) is 0 Å². The molecule has 1 aliphatic heterocycles. The van der Waals surface area contributed by atoms with Gasteiger partial charge in [-0.3, -0.25) is 4.79 Å². The number of benzene rings is 1. The van der Waals surface area contributed by atoms with Crippen LogP contribution >= 0.6 is 0 Å². The molecule has 2 rings (SSSR count). The summed E-state index contributed by atoms with van der Waals surface area (Å²) >= 11 is 0. The maximum Gasteiger partial charge on any atom is 0.253 e. The van der Waals surface area contributed by atoms with Crippen LogP contribution in [0, 0.1) is 18.8 Å². The van der Waals surface area contributed by atoms with Gasteiger partial charge in [0.1, 0.15) is 0 Å². The summed E-state index contributed by atoms with van der Waals surface area (Å²) in [6.45, 7) is 8.05. The van der Waals surface area contributed by atoms with Crippen molar-refractivity contribution in [3.05, 3.63) is 29.3 Å². The molecule has 2 N–H and O–H groups in total. The van der Waals surface area contributed by atoms with Crippen molar-refractivity contribution in [1.82, 2.24) is 4.90 Å². The van der Waals surface area contributed by atoms with Gasteiger partial charge in [-0.15, -0.1) is 0 Å². The number of anilines is 1. The first-order valence-electron chi connectivity index (χ1n) is 6.14. The molecule has 0 saturated carbocycles. The van der Waals surface area contributed by atoms with Gasteiger partial charge in [-0.05, 0) is 36.5 Å². The lowest BCUT2D eigenvalue weighted by atomic mass is 10.0. The molecule has 1 aliphatic rings. The van der Waals surface area contributed by atoms with Crippen LogP contribution in [-0.4, -0.2) is 23.9 Å². The summed E-state index contributed by atoms with van der Waals surface area (Å²) in [5.74, 6) is 1.27. The third-order valence-corrected chi connectivity index (χ3v) is 3.80. The number of carbonyl (C=O) groups is 1. The minimum atomic E-state index is 0.105. The van der Waals surface area contributed by atoms with Crippen LogP contribution in [0.15, 0.2) is 18.2 Å². The van der Waals surface area contributed by atoms with Gasteiger partial charge in [0, 0.05) is 24.3 Å². The van der Waals surface area contributed by atoms with E-state index in [-0.39, 0.29) is 5.91 Å². The first-order chi connectivity index (χ1) is 7.99. The molecule has 3 heteroatoms. The largest absolute Gasteiger partial charge is 0.398 e. The fourth-order valence-electron chi connectivity index (χ4n) is 2.25. The first kappa shape index (κ1) is 12.0. The molecular weight excluding hydrogens is 212 g/mol. The van der Waals surface area contributed by atoms with Crippen LogP contribution in [-0.2, 0) is 0 Å². The van der Waals surface area contributed by atoms with Crippen LogP contribution in [0.4, 0.5) is 5.69 Å². The van der Waals surface area contributed by atoms with Gasteiger partial charge in [0.2, 0.25) is 0 Å². The maximum atomic E-state index is 12.3. The Labute approximate surface area is 103 Å². The minimum Gasteiger partial charge on any atom is -0.398 e. The second-order valence-corrected chi connectivity index (χ2v) is 5.24. The van der Waals surface area contributed by atoms with Crippen molar-refractivity contribution in [3.63, 3.8) is 0 Å². The van der Waals surface area contributed by atoms with Gasteiger partial charge in [-0.2, -0.15) is 0 Å². The van der Waals surface area contributed by atoms with Gasteiger partial charge in [0.15, 0.2) is 0 Å². The number of amides is 1. The summed E-state index contributed by atoms with van der Waals surface area (Å²) in [5, 5.41) is 0. The number of nitrogens with two attached hydrogens (primary N) is 1. The third-order valence-electron chi connectivity index (χ3n) is 3.80. The minimum absolute atomic E-state index is 0.105. The standard InChI is InChI=1S/C14H20N2O/c1-9-4-5-12(6-13(9)15)14(17)16-7-10(2)11(3)8-16/h4-6,10-11H,7-8,15H2,1-3H3. The zero-order chi connectivity index (χ0) is 12.6. The van der Waals surface area contributed by atoms with Gasteiger partial charge in [0.25, 0.3) is 5.91 Å². The van der Waals surface area contributed by atoms with E-state index >= 15 is 0 Å². The first-order valence-corrected chi connectivity index (χ1v) is 6.14. The van der Waals surface area contributed by atoms with Crippen molar-refractivity contribution in [2.45, 2.75) is 20.8 Å². The summed E-state index contributed by atoms with van der Waals surface area (Å²) in [5.41, 5.74) is 8.25. The predicted octanol–water partition coefficient (Wildman–Crippen LogP) is 2.31. The van der Waals surface area contributed by atoms with Gasteiger partial charge in [-0.1, -0.05) is 19.9 Å². The summed E-state index contributed by atoms with van der Waals surface area (Å²) in [6.07, 6.45) is 0. The Hall–Kier alpha value is -1.51. The van der Waals surface area contributed by atoms with E-state index < -0.39 is 0 Å². The highest BCUT2D eigenvalue weighted by Crippen LogP contribution is 2.24. The van der Waals surface area contributed by atoms with E-state index in [1.165, 1.54) is 0 Å². The van der Waals surface area contributed by atoms with Crippen molar-refractivity contribution < 1.29 is 4.79 Å². The van der Waals surface area contributed by atoms with E-state index in [0.717, 1.165) is 18.7 Å². The van der Waals surface area contributed by atoms with Gasteiger partial charge >= 0.3 is 0 Å². The highest BCUT2D eigenvalue weighted by Gasteiger charge is 2.29. The van der Waals surface area contributed by atoms with Gasteiger partial charge in [-0.25, -0.2) is 0 Å². The molecule has 3 nitrogen and oxygen atoms in total. The second kappa shape index (κ2) is 4.40. The Kier molecular flexibility index (Phi) is 3.09. The highest BCUT2D eigenvalue weighted by atomic mass is 16.2. The molecule has 0 spiro atoms. The Balaban J connectivity index is 2.17. The number of hydrogen-bond acceptors (Lipinski definition) is 2. The number of aryl methyl sites for hydroxylation is 1. The van der Waals surface area contributed by atoms with E-state index in [4.69, 9.17) is 5.73 Å². The van der Waals surface area contributed by atoms with Crippen molar-refractivity contribution in [2.75, 3.05) is 18.8 Å². The molecule has 2 unspecified atom stereocenters. The lowest BCUT2D eigenvalue weighted by molar-refractivity contribution is 0.0785. The summed E-state index contributed by atoms with van der Waals surface area (Å²) in [6, 6.07) is 5.55. The van der Waals surface area contributed by atoms with Crippen LogP contribution in [0.1, 0.15) is 29.8 Å². The molecule has 92 valence electrons. The number of nitrogen functional groups attached to an aromatic ring is 1. The number of rotatable bonds is 1. The average Bonchev–Trinajstić information content (AvgIpc) is 2.62. The Morgan fingerprint density at radius 3 is 2.41 bits per heavy atom. The zero-order valence-corrected chi connectivity index (χ0v) is 10.7. The van der Waals surface area contributed by atoms with E-state index in [1.807, 2.05) is 24.0 Å². The Bertz CT molecular complexity index is 432. The molecule has 2 atom stereocenters. The highest BCUT2D eigenvalue weighted by molar-refractivity contribution is 5.95. The number of carbonyl (C=O) groups excluding carboxylic acids is 1. The molecule has 1 heterocycles.